The maximum absolute atomic E-state index is 11.5. The minimum absolute atomic E-state index is 0.0570. The Morgan fingerprint density at radius 1 is 1.22 bits per heavy atom. The fraction of sp³-hybridized carbons (Fsp3) is 0.480. The summed E-state index contributed by atoms with van der Waals surface area (Å²) in [7, 11) is -1.11. The average Bonchev–Trinajstić information content (AvgIpc) is 3.13. The van der Waals surface area contributed by atoms with E-state index in [9.17, 15) is 9.90 Å². The summed E-state index contributed by atoms with van der Waals surface area (Å²) in [5.41, 5.74) is 5.17. The normalized spacial score (nSPS) is 12.9. The quantitative estimate of drug-likeness (QED) is 0.310. The molecule has 0 saturated heterocycles. The molecule has 0 radical (unpaired) electrons. The summed E-state index contributed by atoms with van der Waals surface area (Å²) < 4.78 is 7.70. The number of carboxylic acid groups (broad SMARTS) is 1. The van der Waals surface area contributed by atoms with Crippen molar-refractivity contribution in [1.82, 2.24) is 14.8 Å². The maximum atomic E-state index is 11.5. The van der Waals surface area contributed by atoms with E-state index in [0.717, 1.165) is 46.8 Å². The van der Waals surface area contributed by atoms with Crippen LogP contribution in [0.2, 0.25) is 25.7 Å². The van der Waals surface area contributed by atoms with Crippen LogP contribution in [0, 0.1) is 6.92 Å². The number of benzene rings is 1. The van der Waals surface area contributed by atoms with Gasteiger partial charge in [-0.15, -0.1) is 0 Å². The third-order valence-electron chi connectivity index (χ3n) is 5.70. The second-order valence-electron chi connectivity index (χ2n) is 9.81. The van der Waals surface area contributed by atoms with Gasteiger partial charge in [0.1, 0.15) is 6.73 Å². The Hall–Kier alpha value is -2.51. The number of hydrogen-bond donors (Lipinski definition) is 1. The summed E-state index contributed by atoms with van der Waals surface area (Å²) in [4.78, 5) is 16.0. The molecule has 0 fully saturated rings. The summed E-state index contributed by atoms with van der Waals surface area (Å²) in [5.74, 6) is -0.976. The first-order valence-electron chi connectivity index (χ1n) is 11.4. The number of aryl methyl sites for hydroxylation is 2. The largest absolute Gasteiger partial charge is 0.481 e. The number of ether oxygens (including phenoxy) is 1. The summed E-state index contributed by atoms with van der Waals surface area (Å²) in [6, 6.07) is 9.39. The molecule has 0 aliphatic rings. The number of hydrogen-bond acceptors (Lipinski definition) is 4. The van der Waals surface area contributed by atoms with E-state index >= 15 is 0 Å². The van der Waals surface area contributed by atoms with Crippen molar-refractivity contribution in [2.75, 3.05) is 6.61 Å². The fourth-order valence-corrected chi connectivity index (χ4v) is 4.63. The van der Waals surface area contributed by atoms with Crippen LogP contribution >= 0.6 is 0 Å². The molecule has 0 aliphatic carbocycles. The number of carbonyl (C=O) groups is 1. The molecule has 3 rings (SSSR count). The summed E-state index contributed by atoms with van der Waals surface area (Å²) >= 11 is 0. The Labute approximate surface area is 191 Å². The molecule has 1 unspecified atom stereocenters. The Kier molecular flexibility index (Phi) is 7.85. The van der Waals surface area contributed by atoms with Gasteiger partial charge in [-0.2, -0.15) is 5.10 Å². The van der Waals surface area contributed by atoms with Crippen LogP contribution in [-0.4, -0.2) is 40.5 Å². The lowest BCUT2D eigenvalue weighted by Crippen LogP contribution is -2.22. The van der Waals surface area contributed by atoms with Crippen LogP contribution in [0.5, 0.6) is 0 Å². The number of aliphatic carboxylic acids is 1. The minimum atomic E-state index is -1.11. The van der Waals surface area contributed by atoms with Crippen LogP contribution < -0.4 is 0 Å². The Bertz CT molecular complexity index is 1070. The molecular formula is C25H35N3O3Si. The van der Waals surface area contributed by atoms with Crippen molar-refractivity contribution in [2.24, 2.45) is 0 Å². The lowest BCUT2D eigenvalue weighted by Gasteiger charge is -2.16. The van der Waals surface area contributed by atoms with Crippen LogP contribution in [-0.2, 0) is 29.1 Å². The number of nitrogens with zero attached hydrogens (tertiary/aromatic N) is 3. The molecule has 0 saturated carbocycles. The minimum Gasteiger partial charge on any atom is -0.481 e. The molecular weight excluding hydrogens is 418 g/mol. The van der Waals surface area contributed by atoms with Crippen LogP contribution in [0.4, 0.5) is 0 Å². The molecule has 1 atom stereocenters. The van der Waals surface area contributed by atoms with Gasteiger partial charge >= 0.3 is 5.97 Å². The van der Waals surface area contributed by atoms with Crippen molar-refractivity contribution < 1.29 is 14.6 Å². The standard InChI is InChI=1S/C25H35N3O3Si/c1-6-19-7-8-26-23(14-19)21(15-24(29)30)12-20-11-18(2)25-22(13-20)16-28(27-25)17-31-9-10-32(3,4)5/h7-8,11,13-14,16,21H,6,9-10,12,15,17H2,1-5H3,(H,29,30). The van der Waals surface area contributed by atoms with Gasteiger partial charge in [-0.3, -0.25) is 9.78 Å². The van der Waals surface area contributed by atoms with Crippen molar-refractivity contribution in [3.05, 3.63) is 59.0 Å². The SMILES string of the molecule is CCc1ccnc(C(CC(=O)O)Cc2cc(C)c3nn(COCC[Si](C)(C)C)cc3c2)c1. The smallest absolute Gasteiger partial charge is 0.304 e. The molecule has 2 aromatic heterocycles. The first-order valence-corrected chi connectivity index (χ1v) is 15.1. The van der Waals surface area contributed by atoms with E-state index in [2.05, 4.69) is 50.6 Å². The van der Waals surface area contributed by atoms with Crippen molar-refractivity contribution in [3.63, 3.8) is 0 Å². The highest BCUT2D eigenvalue weighted by Gasteiger charge is 2.19. The van der Waals surface area contributed by atoms with Crippen LogP contribution in [0.25, 0.3) is 10.9 Å². The lowest BCUT2D eigenvalue weighted by molar-refractivity contribution is -0.137. The van der Waals surface area contributed by atoms with E-state index in [0.29, 0.717) is 13.2 Å². The molecule has 2 heterocycles. The summed E-state index contributed by atoms with van der Waals surface area (Å²) in [6.45, 7) is 12.4. The topological polar surface area (TPSA) is 77.2 Å². The van der Waals surface area contributed by atoms with E-state index in [1.165, 1.54) is 5.56 Å². The molecule has 0 aliphatic heterocycles. The van der Waals surface area contributed by atoms with Gasteiger partial charge < -0.3 is 9.84 Å². The number of carboxylic acids is 1. The van der Waals surface area contributed by atoms with Gasteiger partial charge in [0.05, 0.1) is 11.9 Å². The van der Waals surface area contributed by atoms with E-state index in [1.807, 2.05) is 23.0 Å². The molecule has 1 N–H and O–H groups in total. The maximum Gasteiger partial charge on any atom is 0.304 e. The van der Waals surface area contributed by atoms with E-state index in [4.69, 9.17) is 9.84 Å². The third kappa shape index (κ3) is 6.74. The molecule has 1 aromatic carbocycles. The fourth-order valence-electron chi connectivity index (χ4n) is 3.87. The zero-order valence-corrected chi connectivity index (χ0v) is 20.9. The zero-order valence-electron chi connectivity index (χ0n) is 19.9. The third-order valence-corrected chi connectivity index (χ3v) is 7.41. The first-order chi connectivity index (χ1) is 15.1. The highest BCUT2D eigenvalue weighted by atomic mass is 28.3. The van der Waals surface area contributed by atoms with E-state index < -0.39 is 14.0 Å². The van der Waals surface area contributed by atoms with E-state index in [-0.39, 0.29) is 12.3 Å². The van der Waals surface area contributed by atoms with Gasteiger partial charge in [0.25, 0.3) is 0 Å². The zero-order chi connectivity index (χ0) is 23.3. The van der Waals surface area contributed by atoms with Crippen LogP contribution in [0.1, 0.15) is 41.6 Å². The van der Waals surface area contributed by atoms with Crippen LogP contribution in [0.15, 0.2) is 36.7 Å². The van der Waals surface area contributed by atoms with Gasteiger partial charge in [0.2, 0.25) is 0 Å². The molecule has 0 amide bonds. The van der Waals surface area contributed by atoms with Gasteiger partial charge in [-0.1, -0.05) is 32.6 Å². The summed E-state index contributed by atoms with van der Waals surface area (Å²) in [5, 5.41) is 15.2. The number of aromatic nitrogens is 3. The summed E-state index contributed by atoms with van der Waals surface area (Å²) in [6.07, 6.45) is 5.38. The van der Waals surface area contributed by atoms with Gasteiger partial charge in [0.15, 0.2) is 0 Å². The number of pyridine rings is 1. The predicted molar refractivity (Wildman–Crippen MR) is 131 cm³/mol. The van der Waals surface area contributed by atoms with Crippen molar-refractivity contribution in [3.8, 4) is 0 Å². The van der Waals surface area contributed by atoms with Crippen molar-refractivity contribution >= 4 is 24.9 Å². The Balaban J connectivity index is 1.78. The number of fused-ring (bicyclic) bond motifs is 1. The molecule has 3 aromatic rings. The molecule has 7 heteroatoms. The molecule has 32 heavy (non-hydrogen) atoms. The second-order valence-corrected chi connectivity index (χ2v) is 15.4. The molecule has 0 bridgehead atoms. The molecule has 6 nitrogen and oxygen atoms in total. The van der Waals surface area contributed by atoms with Gasteiger partial charge in [0, 0.05) is 44.1 Å². The Morgan fingerprint density at radius 3 is 2.69 bits per heavy atom. The highest BCUT2D eigenvalue weighted by molar-refractivity contribution is 6.76. The van der Waals surface area contributed by atoms with Crippen molar-refractivity contribution in [1.29, 1.82) is 0 Å². The second kappa shape index (κ2) is 10.4. The predicted octanol–water partition coefficient (Wildman–Crippen LogP) is 5.42. The highest BCUT2D eigenvalue weighted by Crippen LogP contribution is 2.27. The van der Waals surface area contributed by atoms with Gasteiger partial charge in [-0.25, -0.2) is 4.68 Å². The first kappa shape index (κ1) is 24.1. The molecule has 172 valence electrons. The van der Waals surface area contributed by atoms with E-state index in [1.54, 1.807) is 6.20 Å². The lowest BCUT2D eigenvalue weighted by atomic mass is 9.90. The van der Waals surface area contributed by atoms with Gasteiger partial charge in [-0.05, 0) is 60.7 Å². The average molecular weight is 454 g/mol. The Morgan fingerprint density at radius 2 is 2.00 bits per heavy atom. The van der Waals surface area contributed by atoms with Crippen LogP contribution in [0.3, 0.4) is 0 Å². The van der Waals surface area contributed by atoms with Crippen molar-refractivity contribution in [2.45, 2.75) is 71.4 Å². The monoisotopic (exact) mass is 453 g/mol. The molecule has 0 spiro atoms. The number of rotatable bonds is 11.